The van der Waals surface area contributed by atoms with Crippen LogP contribution in [0.3, 0.4) is 0 Å². The van der Waals surface area contributed by atoms with Crippen LogP contribution in [0.5, 0.6) is 0 Å². The number of hydrogen-bond donors (Lipinski definition) is 0. The maximum atomic E-state index is 4.59. The standard InChI is InChI=1S/C19H23NS2/c1-19(2,3)22-18-12-8-7-9-16(18)15-20-13-14-21-17-10-5-4-6-11-17/h4-12,15H,13-14H2,1-3H3. The van der Waals surface area contributed by atoms with E-state index in [4.69, 9.17) is 0 Å². The Hall–Kier alpha value is -1.19. The molecule has 2 rings (SSSR count). The van der Waals surface area contributed by atoms with Crippen LogP contribution in [0.4, 0.5) is 0 Å². The van der Waals surface area contributed by atoms with Crippen LogP contribution >= 0.6 is 23.5 Å². The molecule has 1 nitrogen and oxygen atoms in total. The largest absolute Gasteiger partial charge is 0.292 e. The molecule has 0 saturated heterocycles. The van der Waals surface area contributed by atoms with Crippen LogP contribution < -0.4 is 0 Å². The first-order valence-electron chi connectivity index (χ1n) is 7.50. The maximum Gasteiger partial charge on any atom is 0.0483 e. The van der Waals surface area contributed by atoms with Crippen LogP contribution in [0.25, 0.3) is 0 Å². The van der Waals surface area contributed by atoms with Gasteiger partial charge in [-0.3, -0.25) is 4.99 Å². The predicted molar refractivity (Wildman–Crippen MR) is 102 cm³/mol. The second-order valence-corrected chi connectivity index (χ2v) is 8.99. The highest BCUT2D eigenvalue weighted by Gasteiger charge is 2.13. The summed E-state index contributed by atoms with van der Waals surface area (Å²) in [5.41, 5.74) is 1.21. The number of thioether (sulfide) groups is 2. The normalized spacial score (nSPS) is 12.0. The smallest absolute Gasteiger partial charge is 0.0483 e. The van der Waals surface area contributed by atoms with E-state index in [1.54, 1.807) is 0 Å². The van der Waals surface area contributed by atoms with Gasteiger partial charge in [0.15, 0.2) is 0 Å². The van der Waals surface area contributed by atoms with Crippen molar-refractivity contribution in [3.63, 3.8) is 0 Å². The lowest BCUT2D eigenvalue weighted by Crippen LogP contribution is -2.07. The zero-order valence-corrected chi connectivity index (χ0v) is 15.1. The van der Waals surface area contributed by atoms with Gasteiger partial charge in [-0.2, -0.15) is 0 Å². The quantitative estimate of drug-likeness (QED) is 0.378. The van der Waals surface area contributed by atoms with Gasteiger partial charge in [0.05, 0.1) is 0 Å². The Morgan fingerprint density at radius 1 is 0.955 bits per heavy atom. The molecule has 0 fully saturated rings. The van der Waals surface area contributed by atoms with Gasteiger partial charge in [-0.05, 0) is 18.2 Å². The lowest BCUT2D eigenvalue weighted by atomic mass is 10.2. The molecule has 0 aliphatic rings. The van der Waals surface area contributed by atoms with Gasteiger partial charge in [-0.25, -0.2) is 0 Å². The van der Waals surface area contributed by atoms with E-state index in [1.807, 2.05) is 35.8 Å². The van der Waals surface area contributed by atoms with Crippen molar-refractivity contribution >= 4 is 29.7 Å². The molecular weight excluding hydrogens is 306 g/mol. The van der Waals surface area contributed by atoms with Crippen LogP contribution in [-0.4, -0.2) is 23.3 Å². The molecule has 0 atom stereocenters. The summed E-state index contributed by atoms with van der Waals surface area (Å²) in [6, 6.07) is 19.0. The zero-order chi connectivity index (χ0) is 15.8. The fourth-order valence-corrected chi connectivity index (χ4v) is 3.73. The van der Waals surface area contributed by atoms with Crippen LogP contribution in [0.1, 0.15) is 26.3 Å². The molecule has 3 heteroatoms. The van der Waals surface area contributed by atoms with Gasteiger partial charge in [0.25, 0.3) is 0 Å². The molecule has 0 unspecified atom stereocenters. The Bertz CT molecular complexity index is 600. The second kappa shape index (κ2) is 8.44. The number of aliphatic imine (C=N–C) groups is 1. The van der Waals surface area contributed by atoms with Crippen LogP contribution in [0.2, 0.25) is 0 Å². The van der Waals surface area contributed by atoms with Crippen molar-refractivity contribution in [2.24, 2.45) is 4.99 Å². The Morgan fingerprint density at radius 3 is 2.36 bits per heavy atom. The maximum absolute atomic E-state index is 4.59. The van der Waals surface area contributed by atoms with Crippen molar-refractivity contribution in [3.8, 4) is 0 Å². The van der Waals surface area contributed by atoms with Crippen molar-refractivity contribution < 1.29 is 0 Å². The molecule has 0 bridgehead atoms. The Kier molecular flexibility index (Phi) is 6.59. The summed E-state index contributed by atoms with van der Waals surface area (Å²) in [5, 5.41) is 0. The molecule has 0 aliphatic carbocycles. The van der Waals surface area contributed by atoms with Crippen molar-refractivity contribution in [1.82, 2.24) is 0 Å². The minimum atomic E-state index is 0.215. The van der Waals surface area contributed by atoms with Gasteiger partial charge < -0.3 is 0 Å². The third-order valence-electron chi connectivity index (χ3n) is 2.80. The van der Waals surface area contributed by atoms with Gasteiger partial charge in [-0.15, -0.1) is 23.5 Å². The highest BCUT2D eigenvalue weighted by Crippen LogP contribution is 2.33. The van der Waals surface area contributed by atoms with E-state index in [9.17, 15) is 0 Å². The van der Waals surface area contributed by atoms with Crippen molar-refractivity contribution in [2.75, 3.05) is 12.3 Å². The molecule has 0 heterocycles. The van der Waals surface area contributed by atoms with Crippen LogP contribution in [-0.2, 0) is 0 Å². The zero-order valence-electron chi connectivity index (χ0n) is 13.5. The van der Waals surface area contributed by atoms with Gasteiger partial charge >= 0.3 is 0 Å². The molecule has 0 saturated carbocycles. The molecule has 0 spiro atoms. The average molecular weight is 330 g/mol. The molecular formula is C19H23NS2. The van der Waals surface area contributed by atoms with Crippen LogP contribution in [0.15, 0.2) is 69.4 Å². The highest BCUT2D eigenvalue weighted by atomic mass is 32.2. The summed E-state index contributed by atoms with van der Waals surface area (Å²) in [5.74, 6) is 1.01. The summed E-state index contributed by atoms with van der Waals surface area (Å²) in [6.45, 7) is 7.56. The minimum absolute atomic E-state index is 0.215. The molecule has 2 aromatic rings. The first-order chi connectivity index (χ1) is 10.5. The van der Waals surface area contributed by atoms with Crippen LogP contribution in [0, 0.1) is 0 Å². The van der Waals surface area contributed by atoms with Crippen molar-refractivity contribution in [2.45, 2.75) is 35.3 Å². The molecule has 116 valence electrons. The fourth-order valence-electron chi connectivity index (χ4n) is 1.91. The first kappa shape index (κ1) is 17.2. The molecule has 2 aromatic carbocycles. The van der Waals surface area contributed by atoms with E-state index in [0.29, 0.717) is 0 Å². The molecule has 0 amide bonds. The molecule has 0 N–H and O–H groups in total. The Labute approximate surface area is 142 Å². The highest BCUT2D eigenvalue weighted by molar-refractivity contribution is 8.00. The monoisotopic (exact) mass is 329 g/mol. The van der Waals surface area contributed by atoms with Gasteiger partial charge in [0.1, 0.15) is 0 Å². The van der Waals surface area contributed by atoms with E-state index in [2.05, 4.69) is 74.3 Å². The van der Waals surface area contributed by atoms with Gasteiger partial charge in [0, 0.05) is 38.6 Å². The SMILES string of the molecule is CC(C)(C)Sc1ccccc1C=NCCSc1ccccc1. The van der Waals surface area contributed by atoms with E-state index >= 15 is 0 Å². The number of rotatable bonds is 6. The third kappa shape index (κ3) is 6.29. The molecule has 0 radical (unpaired) electrons. The fraction of sp³-hybridized carbons (Fsp3) is 0.316. The minimum Gasteiger partial charge on any atom is -0.292 e. The number of benzene rings is 2. The van der Waals surface area contributed by atoms with E-state index < -0.39 is 0 Å². The topological polar surface area (TPSA) is 12.4 Å². The average Bonchev–Trinajstić information content (AvgIpc) is 2.48. The van der Waals surface area contributed by atoms with E-state index in [0.717, 1.165) is 12.3 Å². The molecule has 0 aliphatic heterocycles. The van der Waals surface area contributed by atoms with Gasteiger partial charge in [-0.1, -0.05) is 57.2 Å². The van der Waals surface area contributed by atoms with E-state index in [1.165, 1.54) is 15.4 Å². The second-order valence-electron chi connectivity index (χ2n) is 5.95. The molecule has 22 heavy (non-hydrogen) atoms. The van der Waals surface area contributed by atoms with Crippen molar-refractivity contribution in [1.29, 1.82) is 0 Å². The van der Waals surface area contributed by atoms with Gasteiger partial charge in [0.2, 0.25) is 0 Å². The molecule has 0 aromatic heterocycles. The number of hydrogen-bond acceptors (Lipinski definition) is 3. The summed E-state index contributed by atoms with van der Waals surface area (Å²) in [7, 11) is 0. The van der Waals surface area contributed by atoms with Crippen molar-refractivity contribution in [3.05, 3.63) is 60.2 Å². The Balaban J connectivity index is 1.88. The lowest BCUT2D eigenvalue weighted by molar-refractivity contribution is 0.802. The van der Waals surface area contributed by atoms with E-state index in [-0.39, 0.29) is 4.75 Å². The summed E-state index contributed by atoms with van der Waals surface area (Å²) < 4.78 is 0.215. The first-order valence-corrected chi connectivity index (χ1v) is 9.30. The Morgan fingerprint density at radius 2 is 1.64 bits per heavy atom. The predicted octanol–water partition coefficient (Wildman–Crippen LogP) is 5.79. The lowest BCUT2D eigenvalue weighted by Gasteiger charge is -2.18. The summed E-state index contributed by atoms with van der Waals surface area (Å²) in [6.07, 6.45) is 2.01. The number of nitrogens with zero attached hydrogens (tertiary/aromatic N) is 1. The summed E-state index contributed by atoms with van der Waals surface area (Å²) >= 11 is 3.74. The summed E-state index contributed by atoms with van der Waals surface area (Å²) in [4.78, 5) is 7.20. The third-order valence-corrected chi connectivity index (χ3v) is 4.99.